The van der Waals surface area contributed by atoms with Crippen molar-refractivity contribution in [2.75, 3.05) is 18.0 Å². The van der Waals surface area contributed by atoms with Gasteiger partial charge in [-0.25, -0.2) is 0 Å². The lowest BCUT2D eigenvalue weighted by molar-refractivity contribution is 0.158. The Kier molecular flexibility index (Phi) is 2.15. The SMILES string of the molecule is Cc1cc(N2CCCC2)nc(=N)n1O. The third-order valence-corrected chi connectivity index (χ3v) is 2.52. The Balaban J connectivity index is 2.39. The first-order valence-electron chi connectivity index (χ1n) is 4.78. The van der Waals surface area contributed by atoms with Crippen LogP contribution in [0.1, 0.15) is 18.5 Å². The van der Waals surface area contributed by atoms with Gasteiger partial charge < -0.3 is 10.1 Å². The summed E-state index contributed by atoms with van der Waals surface area (Å²) in [4.78, 5) is 6.16. The Morgan fingerprint density at radius 2 is 2.07 bits per heavy atom. The van der Waals surface area contributed by atoms with Gasteiger partial charge in [0.2, 0.25) is 0 Å². The van der Waals surface area contributed by atoms with Crippen LogP contribution in [0.2, 0.25) is 0 Å². The summed E-state index contributed by atoms with van der Waals surface area (Å²) in [5.74, 6) is 0.801. The summed E-state index contributed by atoms with van der Waals surface area (Å²) in [6.07, 6.45) is 2.37. The van der Waals surface area contributed by atoms with E-state index in [4.69, 9.17) is 5.41 Å². The molecule has 0 bridgehead atoms. The van der Waals surface area contributed by atoms with Crippen molar-refractivity contribution in [3.05, 3.63) is 17.4 Å². The summed E-state index contributed by atoms with van der Waals surface area (Å²) >= 11 is 0. The smallest absolute Gasteiger partial charge is 0.257 e. The average Bonchev–Trinajstić information content (AvgIpc) is 2.66. The minimum absolute atomic E-state index is 0.105. The Hall–Kier alpha value is -1.52. The highest BCUT2D eigenvalue weighted by molar-refractivity contribution is 5.39. The van der Waals surface area contributed by atoms with Crippen LogP contribution in [0.15, 0.2) is 6.07 Å². The van der Waals surface area contributed by atoms with E-state index in [1.807, 2.05) is 6.07 Å². The zero-order valence-corrected chi connectivity index (χ0v) is 8.19. The van der Waals surface area contributed by atoms with Crippen LogP contribution in [0.4, 0.5) is 5.82 Å². The molecule has 1 saturated heterocycles. The molecule has 2 rings (SSSR count). The second kappa shape index (κ2) is 3.32. The summed E-state index contributed by atoms with van der Waals surface area (Å²) in [6, 6.07) is 1.81. The molecular weight excluding hydrogens is 180 g/mol. The first kappa shape index (κ1) is 9.05. The molecule has 1 fully saturated rings. The number of aromatic nitrogens is 2. The second-order valence-corrected chi connectivity index (χ2v) is 3.59. The van der Waals surface area contributed by atoms with E-state index in [2.05, 4.69) is 9.88 Å². The summed E-state index contributed by atoms with van der Waals surface area (Å²) in [7, 11) is 0. The number of hydrogen-bond acceptors (Lipinski definition) is 4. The number of aryl methyl sites for hydroxylation is 1. The number of nitrogens with zero attached hydrogens (tertiary/aromatic N) is 3. The van der Waals surface area contributed by atoms with E-state index < -0.39 is 0 Å². The first-order chi connectivity index (χ1) is 6.68. The lowest BCUT2D eigenvalue weighted by atomic mass is 10.4. The molecule has 1 aliphatic heterocycles. The van der Waals surface area contributed by atoms with Gasteiger partial charge in [-0.15, -0.1) is 0 Å². The van der Waals surface area contributed by atoms with Crippen LogP contribution >= 0.6 is 0 Å². The van der Waals surface area contributed by atoms with Gasteiger partial charge in [-0.3, -0.25) is 5.41 Å². The van der Waals surface area contributed by atoms with Crippen molar-refractivity contribution in [1.82, 2.24) is 9.71 Å². The standard InChI is InChI=1S/C9H14N4O/c1-7-6-8(11-9(10)13(7)14)12-4-2-3-5-12/h6,10,14H,2-5H2,1H3. The molecule has 14 heavy (non-hydrogen) atoms. The number of rotatable bonds is 1. The Labute approximate surface area is 82.1 Å². The predicted octanol–water partition coefficient (Wildman–Crippen LogP) is 0.508. The minimum Gasteiger partial charge on any atom is -0.425 e. The van der Waals surface area contributed by atoms with Gasteiger partial charge in [-0.1, -0.05) is 0 Å². The number of hydrogen-bond donors (Lipinski definition) is 2. The summed E-state index contributed by atoms with van der Waals surface area (Å²) in [6.45, 7) is 3.77. The molecule has 0 atom stereocenters. The third kappa shape index (κ3) is 1.45. The quantitative estimate of drug-likeness (QED) is 0.640. The average molecular weight is 194 g/mol. The molecule has 1 aromatic rings. The van der Waals surface area contributed by atoms with E-state index in [0.29, 0.717) is 5.69 Å². The predicted molar refractivity (Wildman–Crippen MR) is 51.5 cm³/mol. The van der Waals surface area contributed by atoms with Crippen molar-refractivity contribution < 1.29 is 5.21 Å². The number of anilines is 1. The molecule has 0 radical (unpaired) electrons. The maximum Gasteiger partial charge on any atom is 0.257 e. The fourth-order valence-electron chi connectivity index (χ4n) is 1.71. The van der Waals surface area contributed by atoms with E-state index in [1.54, 1.807) is 6.92 Å². The third-order valence-electron chi connectivity index (χ3n) is 2.52. The Morgan fingerprint density at radius 3 is 2.64 bits per heavy atom. The van der Waals surface area contributed by atoms with Gasteiger partial charge in [-0.2, -0.15) is 9.71 Å². The molecule has 2 N–H and O–H groups in total. The first-order valence-corrected chi connectivity index (χ1v) is 4.78. The molecule has 0 aromatic carbocycles. The fourth-order valence-corrected chi connectivity index (χ4v) is 1.71. The molecule has 2 heterocycles. The maximum absolute atomic E-state index is 9.32. The Morgan fingerprint density at radius 1 is 1.43 bits per heavy atom. The van der Waals surface area contributed by atoms with Gasteiger partial charge in [-0.05, 0) is 19.8 Å². The van der Waals surface area contributed by atoms with Gasteiger partial charge >= 0.3 is 0 Å². The van der Waals surface area contributed by atoms with Gasteiger partial charge in [0.05, 0.1) is 5.69 Å². The molecule has 0 aliphatic carbocycles. The van der Waals surface area contributed by atoms with E-state index in [9.17, 15) is 5.21 Å². The monoisotopic (exact) mass is 194 g/mol. The lowest BCUT2D eigenvalue weighted by Crippen LogP contribution is -2.28. The molecule has 0 unspecified atom stereocenters. The molecule has 0 saturated carbocycles. The van der Waals surface area contributed by atoms with Gasteiger partial charge in [0.15, 0.2) is 0 Å². The maximum atomic E-state index is 9.32. The second-order valence-electron chi connectivity index (χ2n) is 3.59. The van der Waals surface area contributed by atoms with E-state index in [-0.39, 0.29) is 5.62 Å². The van der Waals surface area contributed by atoms with Crippen molar-refractivity contribution in [3.8, 4) is 0 Å². The number of nitrogens with one attached hydrogen (secondary N) is 1. The minimum atomic E-state index is -0.105. The molecule has 5 nitrogen and oxygen atoms in total. The molecule has 1 aromatic heterocycles. The van der Waals surface area contributed by atoms with Gasteiger partial charge in [0.1, 0.15) is 5.82 Å². The van der Waals surface area contributed by atoms with Crippen molar-refractivity contribution in [2.45, 2.75) is 19.8 Å². The molecular formula is C9H14N4O. The molecule has 5 heteroatoms. The van der Waals surface area contributed by atoms with Gasteiger partial charge in [0, 0.05) is 19.2 Å². The van der Waals surface area contributed by atoms with Crippen LogP contribution in [0, 0.1) is 12.3 Å². The summed E-state index contributed by atoms with van der Waals surface area (Å²) in [5, 5.41) is 16.8. The van der Waals surface area contributed by atoms with E-state index in [0.717, 1.165) is 23.6 Å². The van der Waals surface area contributed by atoms with Crippen molar-refractivity contribution in [1.29, 1.82) is 5.41 Å². The van der Waals surface area contributed by atoms with Crippen LogP contribution in [0.3, 0.4) is 0 Å². The lowest BCUT2D eigenvalue weighted by Gasteiger charge is -2.16. The van der Waals surface area contributed by atoms with Crippen LogP contribution in [-0.2, 0) is 0 Å². The highest BCUT2D eigenvalue weighted by Crippen LogP contribution is 2.16. The molecule has 1 aliphatic rings. The van der Waals surface area contributed by atoms with Crippen molar-refractivity contribution in [2.24, 2.45) is 0 Å². The zero-order chi connectivity index (χ0) is 10.1. The molecule has 0 amide bonds. The normalized spacial score (nSPS) is 16.2. The zero-order valence-electron chi connectivity index (χ0n) is 8.19. The summed E-state index contributed by atoms with van der Waals surface area (Å²) in [5.41, 5.74) is 0.541. The highest BCUT2D eigenvalue weighted by atomic mass is 16.5. The van der Waals surface area contributed by atoms with E-state index in [1.165, 1.54) is 12.8 Å². The molecule has 0 spiro atoms. The fraction of sp³-hybridized carbons (Fsp3) is 0.556. The van der Waals surface area contributed by atoms with Crippen LogP contribution in [-0.4, -0.2) is 28.0 Å². The van der Waals surface area contributed by atoms with E-state index >= 15 is 0 Å². The van der Waals surface area contributed by atoms with Gasteiger partial charge in [0.25, 0.3) is 5.62 Å². The van der Waals surface area contributed by atoms with Crippen molar-refractivity contribution in [3.63, 3.8) is 0 Å². The topological polar surface area (TPSA) is 65.1 Å². The molecule has 76 valence electrons. The highest BCUT2D eigenvalue weighted by Gasteiger charge is 2.14. The van der Waals surface area contributed by atoms with Crippen LogP contribution < -0.4 is 10.5 Å². The largest absolute Gasteiger partial charge is 0.425 e. The Bertz CT molecular complexity index is 392. The summed E-state index contributed by atoms with van der Waals surface area (Å²) < 4.78 is 0.791. The van der Waals surface area contributed by atoms with Crippen molar-refractivity contribution >= 4 is 5.82 Å². The van der Waals surface area contributed by atoms with Crippen LogP contribution in [0.25, 0.3) is 0 Å². The van der Waals surface area contributed by atoms with Crippen LogP contribution in [0.5, 0.6) is 0 Å².